The lowest BCUT2D eigenvalue weighted by molar-refractivity contribution is -0.117. The summed E-state index contributed by atoms with van der Waals surface area (Å²) < 4.78 is 10.0. The molecule has 0 spiro atoms. The summed E-state index contributed by atoms with van der Waals surface area (Å²) >= 11 is 0. The van der Waals surface area contributed by atoms with E-state index in [0.29, 0.717) is 0 Å². The number of rotatable bonds is 3. The number of ketones is 1. The number of phenolic OH excluding ortho intramolecular Hbond substituents is 4. The van der Waals surface area contributed by atoms with Gasteiger partial charge in [0.2, 0.25) is 0 Å². The SMILES string of the molecule is CC(=O)C(c1c(O)c2c(O)cc(O)cc2oc1=O)c1c(O)c2c(O)cc(O)cc2oc1=O. The van der Waals surface area contributed by atoms with Crippen molar-refractivity contribution >= 4 is 27.7 Å². The molecule has 0 amide bonds. The molecule has 32 heavy (non-hydrogen) atoms. The summed E-state index contributed by atoms with van der Waals surface area (Å²) in [6.07, 6.45) is 0. The van der Waals surface area contributed by atoms with Crippen LogP contribution in [-0.4, -0.2) is 36.4 Å². The third-order valence-corrected chi connectivity index (χ3v) is 4.95. The molecular weight excluding hydrogens is 428 g/mol. The minimum atomic E-state index is -1.92. The molecule has 0 aliphatic rings. The molecule has 11 heteroatoms. The smallest absolute Gasteiger partial charge is 0.344 e. The van der Waals surface area contributed by atoms with Gasteiger partial charge < -0.3 is 39.5 Å². The molecule has 0 aliphatic carbocycles. The van der Waals surface area contributed by atoms with Crippen LogP contribution in [0.15, 0.2) is 42.7 Å². The van der Waals surface area contributed by atoms with E-state index >= 15 is 0 Å². The Morgan fingerprint density at radius 1 is 0.719 bits per heavy atom. The Hall–Kier alpha value is -4.67. The van der Waals surface area contributed by atoms with Gasteiger partial charge in [-0.25, -0.2) is 9.59 Å². The molecule has 6 N–H and O–H groups in total. The van der Waals surface area contributed by atoms with Gasteiger partial charge in [0.25, 0.3) is 0 Å². The van der Waals surface area contributed by atoms with Crippen LogP contribution in [0.5, 0.6) is 34.5 Å². The molecule has 2 heterocycles. The normalized spacial score (nSPS) is 11.4. The summed E-state index contributed by atoms with van der Waals surface area (Å²) in [5, 5.41) is 59.9. The first-order valence-corrected chi connectivity index (χ1v) is 8.95. The van der Waals surface area contributed by atoms with Crippen molar-refractivity contribution in [1.82, 2.24) is 0 Å². The van der Waals surface area contributed by atoms with Crippen LogP contribution < -0.4 is 11.3 Å². The zero-order valence-electron chi connectivity index (χ0n) is 16.1. The molecule has 0 saturated heterocycles. The Kier molecular flexibility index (Phi) is 4.47. The van der Waals surface area contributed by atoms with Crippen molar-refractivity contribution in [2.24, 2.45) is 0 Å². The lowest BCUT2D eigenvalue weighted by Crippen LogP contribution is -2.24. The van der Waals surface area contributed by atoms with Crippen LogP contribution in [-0.2, 0) is 4.79 Å². The maximum atomic E-state index is 12.7. The molecule has 0 aliphatic heterocycles. The molecule has 4 aromatic rings. The number of hydrogen-bond acceptors (Lipinski definition) is 11. The molecule has 0 unspecified atom stereocenters. The predicted molar refractivity (Wildman–Crippen MR) is 107 cm³/mol. The average Bonchev–Trinajstić information content (AvgIpc) is 2.64. The number of aromatic hydroxyl groups is 6. The number of hydrogen-bond donors (Lipinski definition) is 6. The largest absolute Gasteiger partial charge is 0.508 e. The second-order valence-corrected chi connectivity index (χ2v) is 7.02. The van der Waals surface area contributed by atoms with E-state index in [9.17, 15) is 45.0 Å². The molecule has 0 atom stereocenters. The Morgan fingerprint density at radius 3 is 1.44 bits per heavy atom. The molecular formula is C21H14O11. The van der Waals surface area contributed by atoms with Gasteiger partial charge in [-0.3, -0.25) is 4.79 Å². The summed E-state index contributed by atoms with van der Waals surface area (Å²) in [5.74, 6) is -6.99. The molecule has 0 bridgehead atoms. The molecule has 0 radical (unpaired) electrons. The number of carbonyl (C=O) groups is 1. The zero-order valence-corrected chi connectivity index (χ0v) is 16.1. The van der Waals surface area contributed by atoms with E-state index in [-0.39, 0.29) is 0 Å². The van der Waals surface area contributed by atoms with Gasteiger partial charge in [-0.15, -0.1) is 0 Å². The van der Waals surface area contributed by atoms with Crippen LogP contribution in [0.2, 0.25) is 0 Å². The maximum absolute atomic E-state index is 12.7. The Balaban J connectivity index is 2.13. The van der Waals surface area contributed by atoms with Crippen molar-refractivity contribution in [3.05, 3.63) is 56.2 Å². The summed E-state index contributed by atoms with van der Waals surface area (Å²) in [6.45, 7) is 0.962. The molecule has 164 valence electrons. The number of benzene rings is 2. The molecule has 2 aromatic heterocycles. The first kappa shape index (κ1) is 20.6. The fourth-order valence-corrected chi connectivity index (χ4v) is 3.64. The number of phenols is 4. The Bertz CT molecular complexity index is 1450. The van der Waals surface area contributed by atoms with E-state index in [1.54, 1.807) is 0 Å². The monoisotopic (exact) mass is 442 g/mol. The van der Waals surface area contributed by atoms with E-state index in [1.807, 2.05) is 0 Å². The van der Waals surface area contributed by atoms with Gasteiger partial charge in [-0.1, -0.05) is 0 Å². The maximum Gasteiger partial charge on any atom is 0.344 e. The van der Waals surface area contributed by atoms with Crippen LogP contribution in [0.3, 0.4) is 0 Å². The lowest BCUT2D eigenvalue weighted by Gasteiger charge is -2.17. The van der Waals surface area contributed by atoms with E-state index in [1.165, 1.54) is 0 Å². The minimum Gasteiger partial charge on any atom is -0.508 e. The summed E-state index contributed by atoms with van der Waals surface area (Å²) in [4.78, 5) is 37.8. The van der Waals surface area contributed by atoms with Gasteiger partial charge in [-0.05, 0) is 6.92 Å². The van der Waals surface area contributed by atoms with Crippen LogP contribution >= 0.6 is 0 Å². The van der Waals surface area contributed by atoms with Crippen molar-refractivity contribution in [3.63, 3.8) is 0 Å². The highest BCUT2D eigenvalue weighted by Gasteiger charge is 2.35. The zero-order chi connectivity index (χ0) is 23.5. The molecule has 4 rings (SSSR count). The van der Waals surface area contributed by atoms with Gasteiger partial charge in [-0.2, -0.15) is 0 Å². The third kappa shape index (κ3) is 2.95. The van der Waals surface area contributed by atoms with Crippen molar-refractivity contribution in [3.8, 4) is 34.5 Å². The van der Waals surface area contributed by atoms with Crippen molar-refractivity contribution < 1.29 is 44.3 Å². The Labute approximate surface area is 176 Å². The number of Topliss-reactive ketones (excluding diaryl/α,β-unsaturated/α-hetero) is 1. The standard InChI is InChI=1S/C21H14O11/c1-6(22)13(16-18(27)14-9(25)2-7(23)4-11(14)31-20(16)29)17-19(28)15-10(26)3-8(24)5-12(15)32-21(17)30/h2-5,13,23-28H,1H3. The first-order chi connectivity index (χ1) is 15.0. The van der Waals surface area contributed by atoms with Gasteiger partial charge in [0.1, 0.15) is 62.2 Å². The fraction of sp³-hybridized carbons (Fsp3) is 0.0952. The fourth-order valence-electron chi connectivity index (χ4n) is 3.64. The third-order valence-electron chi connectivity index (χ3n) is 4.95. The quantitative estimate of drug-likeness (QED) is 0.253. The second kappa shape index (κ2) is 6.94. The van der Waals surface area contributed by atoms with Crippen molar-refractivity contribution in [2.75, 3.05) is 0 Å². The average molecular weight is 442 g/mol. The summed E-state index contributed by atoms with van der Waals surface area (Å²) in [5.41, 5.74) is -4.97. The lowest BCUT2D eigenvalue weighted by atomic mass is 9.87. The van der Waals surface area contributed by atoms with Gasteiger partial charge in [0.05, 0.1) is 17.0 Å². The first-order valence-electron chi connectivity index (χ1n) is 8.95. The highest BCUT2D eigenvalue weighted by Crippen LogP contribution is 2.44. The molecule has 0 saturated carbocycles. The van der Waals surface area contributed by atoms with Crippen molar-refractivity contribution in [2.45, 2.75) is 12.8 Å². The van der Waals surface area contributed by atoms with E-state index in [0.717, 1.165) is 31.2 Å². The van der Waals surface area contributed by atoms with E-state index in [4.69, 9.17) is 8.83 Å². The van der Waals surface area contributed by atoms with Gasteiger partial charge >= 0.3 is 11.3 Å². The number of fused-ring (bicyclic) bond motifs is 2. The van der Waals surface area contributed by atoms with Gasteiger partial charge in [0.15, 0.2) is 0 Å². The summed E-state index contributed by atoms with van der Waals surface area (Å²) in [7, 11) is 0. The molecule has 2 aromatic carbocycles. The van der Waals surface area contributed by atoms with Crippen LogP contribution in [0, 0.1) is 0 Å². The Morgan fingerprint density at radius 2 is 1.09 bits per heavy atom. The topological polar surface area (TPSA) is 199 Å². The van der Waals surface area contributed by atoms with Crippen molar-refractivity contribution in [1.29, 1.82) is 0 Å². The molecule has 11 nitrogen and oxygen atoms in total. The van der Waals surface area contributed by atoms with E-state index in [2.05, 4.69) is 0 Å². The van der Waals surface area contributed by atoms with Crippen LogP contribution in [0.25, 0.3) is 21.9 Å². The van der Waals surface area contributed by atoms with E-state index < -0.39 is 90.5 Å². The number of carbonyl (C=O) groups excluding carboxylic acids is 1. The predicted octanol–water partition coefficient (Wildman–Crippen LogP) is 1.85. The molecule has 0 fully saturated rings. The van der Waals surface area contributed by atoms with Crippen LogP contribution in [0.1, 0.15) is 24.0 Å². The second-order valence-electron chi connectivity index (χ2n) is 7.02. The van der Waals surface area contributed by atoms with Gasteiger partial charge in [0, 0.05) is 24.3 Å². The minimum absolute atomic E-state index is 0.404. The highest BCUT2D eigenvalue weighted by atomic mass is 16.4. The highest BCUT2D eigenvalue weighted by molar-refractivity contribution is 5.97. The summed E-state index contributed by atoms with van der Waals surface area (Å²) in [6, 6.07) is 3.58. The van der Waals surface area contributed by atoms with Crippen LogP contribution in [0.4, 0.5) is 0 Å².